The molecule has 0 N–H and O–H groups in total. The van der Waals surface area contributed by atoms with E-state index in [1.807, 2.05) is 0 Å². The number of carbonyl (C=O) groups is 2. The third-order valence-electron chi connectivity index (χ3n) is 4.28. The van der Waals surface area contributed by atoms with E-state index in [-0.39, 0.29) is 22.9 Å². The number of thioether (sulfide) groups is 1. The Morgan fingerprint density at radius 3 is 2.54 bits per heavy atom. The Bertz CT molecular complexity index is 666. The van der Waals surface area contributed by atoms with Crippen LogP contribution in [0, 0.1) is 10.1 Å². The lowest BCUT2D eigenvalue weighted by Gasteiger charge is -2.50. The van der Waals surface area contributed by atoms with E-state index in [1.165, 1.54) is 23.9 Å². The molecule has 1 aromatic carbocycles. The Morgan fingerprint density at radius 2 is 2.00 bits per heavy atom. The van der Waals surface area contributed by atoms with Gasteiger partial charge in [-0.1, -0.05) is 23.9 Å². The van der Waals surface area contributed by atoms with Gasteiger partial charge in [0.2, 0.25) is 5.91 Å². The van der Waals surface area contributed by atoms with Crippen molar-refractivity contribution in [1.29, 1.82) is 0 Å². The van der Waals surface area contributed by atoms with Crippen molar-refractivity contribution in [3.63, 3.8) is 0 Å². The van der Waals surface area contributed by atoms with E-state index in [0.29, 0.717) is 25.4 Å². The molecule has 0 aliphatic carbocycles. The summed E-state index contributed by atoms with van der Waals surface area (Å²) in [4.78, 5) is 38.1. The molecule has 0 radical (unpaired) electrons. The number of methoxy groups -OCH3 is 1. The second kappa shape index (κ2) is 6.78. The highest BCUT2D eigenvalue weighted by Crippen LogP contribution is 2.40. The van der Waals surface area contributed by atoms with Gasteiger partial charge in [0.25, 0.3) is 10.9 Å². The third kappa shape index (κ3) is 2.84. The van der Waals surface area contributed by atoms with E-state index in [2.05, 4.69) is 0 Å². The number of amides is 2. The largest absolute Gasteiger partial charge is 0.383 e. The number of likely N-dealkylation sites (tertiary alicyclic amines) is 1. The van der Waals surface area contributed by atoms with Gasteiger partial charge in [0.15, 0.2) is 0 Å². The molecule has 2 amide bonds. The van der Waals surface area contributed by atoms with Gasteiger partial charge in [-0.15, -0.1) is 0 Å². The van der Waals surface area contributed by atoms with Crippen molar-refractivity contribution in [2.45, 2.75) is 12.1 Å². The molecule has 2 fully saturated rings. The second-order valence-electron chi connectivity index (χ2n) is 5.57. The summed E-state index contributed by atoms with van der Waals surface area (Å²) in [5.41, 5.74) is 0.781. The Labute approximate surface area is 142 Å². The SMILES string of the molecule is COCCN1C(=O)C(N2CCSC2=O)C1c1ccc([N+](=O)[O-])cc1. The minimum Gasteiger partial charge on any atom is -0.383 e. The van der Waals surface area contributed by atoms with Crippen molar-refractivity contribution in [3.8, 4) is 0 Å². The van der Waals surface area contributed by atoms with E-state index in [0.717, 1.165) is 5.56 Å². The number of nitro benzene ring substituents is 1. The topological polar surface area (TPSA) is 93.0 Å². The number of rotatable bonds is 6. The molecule has 2 aliphatic rings. The Kier molecular flexibility index (Phi) is 4.72. The number of benzene rings is 1. The minimum absolute atomic E-state index is 0.00260. The lowest BCUT2D eigenvalue weighted by molar-refractivity contribution is -0.384. The van der Waals surface area contributed by atoms with Crippen molar-refractivity contribution >= 4 is 28.6 Å². The molecule has 2 heterocycles. The molecule has 0 spiro atoms. The van der Waals surface area contributed by atoms with Gasteiger partial charge < -0.3 is 14.5 Å². The number of β-lactam (4-membered cyclic amide) rings is 1. The summed E-state index contributed by atoms with van der Waals surface area (Å²) < 4.78 is 5.05. The molecule has 9 heteroatoms. The van der Waals surface area contributed by atoms with Gasteiger partial charge in [-0.25, -0.2) is 0 Å². The first-order chi connectivity index (χ1) is 11.5. The van der Waals surface area contributed by atoms with Crippen LogP contribution in [-0.2, 0) is 9.53 Å². The first-order valence-corrected chi connectivity index (χ1v) is 8.50. The second-order valence-corrected chi connectivity index (χ2v) is 6.62. The van der Waals surface area contributed by atoms with Gasteiger partial charge in [0.05, 0.1) is 17.6 Å². The van der Waals surface area contributed by atoms with Crippen LogP contribution in [-0.4, -0.2) is 64.5 Å². The summed E-state index contributed by atoms with van der Waals surface area (Å²) in [6.45, 7) is 1.36. The summed E-state index contributed by atoms with van der Waals surface area (Å²) in [5.74, 6) is 0.569. The molecule has 3 rings (SSSR count). The van der Waals surface area contributed by atoms with Crippen LogP contribution in [0.15, 0.2) is 24.3 Å². The van der Waals surface area contributed by atoms with Crippen molar-refractivity contribution < 1.29 is 19.2 Å². The summed E-state index contributed by atoms with van der Waals surface area (Å²) in [6, 6.07) is 5.31. The number of non-ortho nitro benzene ring substituents is 1. The monoisotopic (exact) mass is 351 g/mol. The standard InChI is InChI=1S/C15H17N3O5S/c1-23-8-6-16-12(10-2-4-11(5-3-10)18(21)22)13(14(16)19)17-7-9-24-15(17)20/h2-5,12-13H,6-9H2,1H3. The molecule has 24 heavy (non-hydrogen) atoms. The van der Waals surface area contributed by atoms with E-state index in [1.54, 1.807) is 29.0 Å². The Hall–Kier alpha value is -2.13. The Balaban J connectivity index is 1.87. The maximum Gasteiger partial charge on any atom is 0.282 e. The van der Waals surface area contributed by atoms with Crippen molar-refractivity contribution in [2.24, 2.45) is 0 Å². The van der Waals surface area contributed by atoms with Gasteiger partial charge in [-0.3, -0.25) is 19.7 Å². The normalized spacial score (nSPS) is 23.5. The average molecular weight is 351 g/mol. The van der Waals surface area contributed by atoms with Crippen molar-refractivity contribution in [3.05, 3.63) is 39.9 Å². The maximum atomic E-state index is 12.5. The molecule has 0 saturated carbocycles. The summed E-state index contributed by atoms with van der Waals surface area (Å²) in [6.07, 6.45) is 0. The lowest BCUT2D eigenvalue weighted by Crippen LogP contribution is -2.66. The maximum absolute atomic E-state index is 12.5. The average Bonchev–Trinajstić information content (AvgIpc) is 2.98. The quantitative estimate of drug-likeness (QED) is 0.440. The number of ether oxygens (including phenoxy) is 1. The van der Waals surface area contributed by atoms with Crippen molar-refractivity contribution in [2.75, 3.05) is 32.6 Å². The predicted molar refractivity (Wildman–Crippen MR) is 87.8 cm³/mol. The van der Waals surface area contributed by atoms with Crippen LogP contribution in [0.25, 0.3) is 0 Å². The number of nitro groups is 1. The number of carbonyl (C=O) groups excluding carboxylic acids is 2. The zero-order chi connectivity index (χ0) is 17.3. The highest BCUT2D eigenvalue weighted by atomic mass is 32.2. The van der Waals surface area contributed by atoms with E-state index in [9.17, 15) is 19.7 Å². The number of nitrogens with zero attached hydrogens (tertiary/aromatic N) is 3. The number of hydrogen-bond donors (Lipinski definition) is 0. The fourth-order valence-corrected chi connectivity index (χ4v) is 3.92. The number of hydrogen-bond acceptors (Lipinski definition) is 6. The smallest absolute Gasteiger partial charge is 0.282 e. The molecule has 1 aromatic rings. The molecule has 0 aromatic heterocycles. The summed E-state index contributed by atoms with van der Waals surface area (Å²) in [5, 5.41) is 10.7. The third-order valence-corrected chi connectivity index (χ3v) is 5.15. The van der Waals surface area contributed by atoms with E-state index < -0.39 is 11.0 Å². The van der Waals surface area contributed by atoms with Gasteiger partial charge in [-0.2, -0.15) is 0 Å². The first-order valence-electron chi connectivity index (χ1n) is 7.51. The van der Waals surface area contributed by atoms with Crippen LogP contribution in [0.5, 0.6) is 0 Å². The Morgan fingerprint density at radius 1 is 1.29 bits per heavy atom. The van der Waals surface area contributed by atoms with Crippen LogP contribution in [0.2, 0.25) is 0 Å². The molecule has 2 aliphatic heterocycles. The molecule has 2 saturated heterocycles. The molecule has 128 valence electrons. The van der Waals surface area contributed by atoms with Crippen LogP contribution in [0.4, 0.5) is 10.5 Å². The van der Waals surface area contributed by atoms with Crippen LogP contribution in [0.3, 0.4) is 0 Å². The van der Waals surface area contributed by atoms with Gasteiger partial charge in [-0.05, 0) is 5.56 Å². The highest BCUT2D eigenvalue weighted by Gasteiger charge is 2.53. The molecule has 2 atom stereocenters. The minimum atomic E-state index is -0.536. The van der Waals surface area contributed by atoms with Gasteiger partial charge in [0.1, 0.15) is 6.04 Å². The summed E-state index contributed by atoms with van der Waals surface area (Å²) >= 11 is 1.21. The van der Waals surface area contributed by atoms with Crippen molar-refractivity contribution in [1.82, 2.24) is 9.80 Å². The van der Waals surface area contributed by atoms with E-state index in [4.69, 9.17) is 4.74 Å². The van der Waals surface area contributed by atoms with Crippen LogP contribution < -0.4 is 0 Å². The van der Waals surface area contributed by atoms with Gasteiger partial charge >= 0.3 is 0 Å². The van der Waals surface area contributed by atoms with E-state index >= 15 is 0 Å². The van der Waals surface area contributed by atoms with Gasteiger partial charge in [0, 0.05) is 38.1 Å². The molecular formula is C15H17N3O5S. The van der Waals surface area contributed by atoms with Crippen LogP contribution in [0.1, 0.15) is 11.6 Å². The molecule has 2 unspecified atom stereocenters. The fraction of sp³-hybridized carbons (Fsp3) is 0.467. The lowest BCUT2D eigenvalue weighted by atomic mass is 9.87. The zero-order valence-corrected chi connectivity index (χ0v) is 13.9. The zero-order valence-electron chi connectivity index (χ0n) is 13.1. The summed E-state index contributed by atoms with van der Waals surface area (Å²) in [7, 11) is 1.56. The molecular weight excluding hydrogens is 334 g/mol. The molecule has 8 nitrogen and oxygen atoms in total. The first kappa shape index (κ1) is 16.7. The fourth-order valence-electron chi connectivity index (χ4n) is 3.09. The highest BCUT2D eigenvalue weighted by molar-refractivity contribution is 8.13. The predicted octanol–water partition coefficient (Wildman–Crippen LogP) is 1.66. The molecule has 0 bridgehead atoms. The van der Waals surface area contributed by atoms with Crippen LogP contribution >= 0.6 is 11.8 Å².